The van der Waals surface area contributed by atoms with E-state index < -0.39 is 0 Å². The molecule has 0 bridgehead atoms. The number of nitrogens with two attached hydrogens (primary N) is 1. The second kappa shape index (κ2) is 28.8. The Morgan fingerprint density at radius 2 is 1.25 bits per heavy atom. The van der Waals surface area contributed by atoms with Crippen molar-refractivity contribution in [2.45, 2.75) is 45.1 Å². The van der Waals surface area contributed by atoms with Crippen molar-refractivity contribution in [1.29, 1.82) is 0 Å². The van der Waals surface area contributed by atoms with Crippen LogP contribution in [0.15, 0.2) is 84.9 Å². The van der Waals surface area contributed by atoms with Crippen LogP contribution < -0.4 is 20.5 Å². The van der Waals surface area contributed by atoms with Crippen LogP contribution >= 0.6 is 0 Å². The van der Waals surface area contributed by atoms with Gasteiger partial charge in [-0.1, -0.05) is 55.5 Å². The van der Waals surface area contributed by atoms with Crippen molar-refractivity contribution in [3.8, 4) is 23.0 Å². The molecule has 0 aliphatic heterocycles. The molecule has 0 spiro atoms. The number of allylic oxidation sites excluding steroid dienone is 4. The zero-order chi connectivity index (χ0) is 34.8. The first kappa shape index (κ1) is 51.5. The molecule has 0 amide bonds. The quantitative estimate of drug-likeness (QED) is 0.0649. The average molecular weight is 1200 g/mol. The van der Waals surface area contributed by atoms with E-state index in [2.05, 4.69) is 55.6 Å². The minimum absolute atomic E-state index is 0. The van der Waals surface area contributed by atoms with E-state index in [1.807, 2.05) is 30.3 Å². The maximum absolute atomic E-state index is 10.5. The summed E-state index contributed by atoms with van der Waals surface area (Å²) in [6.45, 7) is 10.2. The first-order chi connectivity index (χ1) is 23.9. The van der Waals surface area contributed by atoms with E-state index in [1.54, 1.807) is 30.3 Å². The molecule has 6 rings (SSSR count). The second-order valence-corrected chi connectivity index (χ2v) is 11.7. The zero-order valence-corrected chi connectivity index (χ0v) is 41.6. The van der Waals surface area contributed by atoms with Crippen molar-refractivity contribution in [2.75, 3.05) is 26.3 Å². The van der Waals surface area contributed by atoms with E-state index in [9.17, 15) is 15.0 Å². The van der Waals surface area contributed by atoms with Crippen molar-refractivity contribution >= 4 is 17.4 Å². The monoisotopic (exact) mass is 1200 g/mol. The standard InChI is InChI=1S/C21H23NO2.C12H11O.C9H12NO2.2W.2Y/c1-16-6-4-11-20(21(16)23)24-13-12-22-15-17-7-5-10-19(14-17)18-8-2-3-9-18;13-9-10-4-3-7-12(8-10)11-5-1-2-6-11;1-7-3-2-4-8(9(7)11)12-6-5-10;;;;/h4-7,10-11,14,22-23H,1-3,8,12-13,15H2;3-4,7-9H,1-2,5H2;2-4,11H,1,5-6,10H2;;;;/q-2;2*-1;;;;. The van der Waals surface area contributed by atoms with Crippen molar-refractivity contribution in [3.05, 3.63) is 144 Å². The summed E-state index contributed by atoms with van der Waals surface area (Å²) in [5, 5.41) is 22.6. The summed E-state index contributed by atoms with van der Waals surface area (Å²) in [5.74, 6) is 1.13. The molecule has 2 radical (unpaired) electrons. The summed E-state index contributed by atoms with van der Waals surface area (Å²) in [5.41, 5.74) is 13.5. The fraction of sp³-hybridized carbons (Fsp3) is 0.262. The maximum Gasteiger partial charge on any atom is 0.148 e. The van der Waals surface area contributed by atoms with Crippen LogP contribution in [0.5, 0.6) is 23.0 Å². The average Bonchev–Trinajstić information content (AvgIpc) is 3.88. The van der Waals surface area contributed by atoms with E-state index in [0.717, 1.165) is 49.6 Å². The van der Waals surface area contributed by atoms with Gasteiger partial charge in [-0.05, 0) is 17.7 Å². The fourth-order valence-electron chi connectivity index (χ4n) is 5.35. The predicted molar refractivity (Wildman–Crippen MR) is 196 cm³/mol. The maximum atomic E-state index is 10.5. The summed E-state index contributed by atoms with van der Waals surface area (Å²) < 4.78 is 10.7. The van der Waals surface area contributed by atoms with Crippen molar-refractivity contribution in [2.24, 2.45) is 5.73 Å². The molecule has 0 saturated carbocycles. The first-order valence-electron chi connectivity index (χ1n) is 16.7. The summed E-state index contributed by atoms with van der Waals surface area (Å²) in [6.07, 6.45) is 14.5. The van der Waals surface area contributed by atoms with Crippen molar-refractivity contribution in [1.82, 2.24) is 5.32 Å². The van der Waals surface area contributed by atoms with E-state index in [0.29, 0.717) is 48.9 Å². The molecule has 4 aromatic carbocycles. The summed E-state index contributed by atoms with van der Waals surface area (Å²) in [6, 6.07) is 26.8. The van der Waals surface area contributed by atoms with Gasteiger partial charge in [0.25, 0.3) is 0 Å². The Morgan fingerprint density at radius 1 is 0.736 bits per heavy atom. The van der Waals surface area contributed by atoms with Gasteiger partial charge in [0.2, 0.25) is 0 Å². The number of benzene rings is 4. The molecule has 11 heteroatoms. The van der Waals surface area contributed by atoms with Crippen molar-refractivity contribution < 1.29 is 132 Å². The van der Waals surface area contributed by atoms with Gasteiger partial charge in [-0.2, -0.15) is 48.2 Å². The van der Waals surface area contributed by atoms with Gasteiger partial charge >= 0.3 is 0 Å². The normalized spacial score (nSPS) is 12.2. The van der Waals surface area contributed by atoms with Crippen molar-refractivity contribution in [3.63, 3.8) is 0 Å². The number of rotatable bonds is 12. The van der Waals surface area contributed by atoms with Crippen LogP contribution in [0.4, 0.5) is 0 Å². The van der Waals surface area contributed by atoms with E-state index in [-0.39, 0.29) is 119 Å². The van der Waals surface area contributed by atoms with E-state index in [4.69, 9.17) is 15.2 Å². The van der Waals surface area contributed by atoms with Gasteiger partial charge in [-0.25, -0.2) is 11.1 Å². The number of nitrogens with one attached hydrogen (secondary N) is 1. The van der Waals surface area contributed by atoms with Gasteiger partial charge in [-0.15, -0.1) is 49.2 Å². The first-order valence-corrected chi connectivity index (χ1v) is 16.7. The van der Waals surface area contributed by atoms with Crippen LogP contribution in [0.3, 0.4) is 0 Å². The summed E-state index contributed by atoms with van der Waals surface area (Å²) in [4.78, 5) is 10.5. The Labute approximate surface area is 394 Å². The topological polar surface area (TPSA) is 114 Å². The Hall–Kier alpha value is -1.53. The van der Waals surface area contributed by atoms with Gasteiger partial charge < -0.3 is 30.7 Å². The number of phenolic OH excluding ortho intramolecular Hbond substituents is 2. The third-order valence-corrected chi connectivity index (χ3v) is 7.94. The Kier molecular flexibility index (Phi) is 28.0. The molecular formula is C42H46N2O5W2Y2-4. The molecule has 7 nitrogen and oxygen atoms in total. The molecule has 0 saturated heterocycles. The molecule has 0 atom stereocenters. The summed E-state index contributed by atoms with van der Waals surface area (Å²) >= 11 is 0. The number of hydrogen-bond acceptors (Lipinski definition) is 7. The Balaban J connectivity index is 0.000000800. The van der Waals surface area contributed by atoms with Crippen LogP contribution in [0.2, 0.25) is 0 Å². The molecular weight excluding hydrogens is 1160 g/mol. The number of carbonyl (C=O) groups is 1. The van der Waals surface area contributed by atoms with Crippen LogP contribution in [0.25, 0.3) is 11.1 Å². The number of hydrogen-bond donors (Lipinski definition) is 4. The smallest absolute Gasteiger partial charge is 0.148 e. The van der Waals surface area contributed by atoms with E-state index in [1.165, 1.54) is 35.1 Å². The van der Waals surface area contributed by atoms with Crippen LogP contribution in [-0.4, -0.2) is 42.8 Å². The SMILES string of the molecule is O=Cc1cccc(C2=[C-]CCC2)c1.[CH2-]c1cccc(OCCN)c1O.[CH2-]c1cccc(OCCNCc2cccc(C3=[C-]CCC3)c2)c1O.[W].[W].[Y].[Y]. The third kappa shape index (κ3) is 17.4. The minimum Gasteiger partial charge on any atom is -0.561 e. The largest absolute Gasteiger partial charge is 0.561 e. The third-order valence-electron chi connectivity index (χ3n) is 7.94. The number of aldehydes is 1. The molecule has 5 N–H and O–H groups in total. The number of phenols is 2. The summed E-state index contributed by atoms with van der Waals surface area (Å²) in [7, 11) is 0. The Bertz CT molecular complexity index is 1740. The zero-order valence-electron chi connectivity index (χ0n) is 30.0. The molecule has 0 unspecified atom stereocenters. The Morgan fingerprint density at radius 3 is 1.75 bits per heavy atom. The van der Waals surface area contributed by atoms with Gasteiger partial charge in [0.15, 0.2) is 0 Å². The molecule has 2 aliphatic carbocycles. The van der Waals surface area contributed by atoms with Gasteiger partial charge in [0.1, 0.15) is 17.8 Å². The number of ether oxygens (including phenoxy) is 2. The molecule has 0 fully saturated rings. The number of aromatic hydroxyl groups is 2. The number of para-hydroxylation sites is 2. The van der Waals surface area contributed by atoms with Crippen LogP contribution in [-0.2, 0) is 114 Å². The fourth-order valence-corrected chi connectivity index (χ4v) is 5.35. The molecule has 0 aromatic heterocycles. The molecule has 0 heterocycles. The molecule has 53 heavy (non-hydrogen) atoms. The second-order valence-electron chi connectivity index (χ2n) is 11.7. The van der Waals surface area contributed by atoms with Gasteiger partial charge in [0, 0.05) is 127 Å². The van der Waals surface area contributed by atoms with Gasteiger partial charge in [-0.3, -0.25) is 16.9 Å². The van der Waals surface area contributed by atoms with Gasteiger partial charge in [0.05, 0.1) is 24.7 Å². The van der Waals surface area contributed by atoms with Crippen LogP contribution in [0.1, 0.15) is 76.7 Å². The minimum atomic E-state index is 0. The molecule has 4 aromatic rings. The van der Waals surface area contributed by atoms with E-state index >= 15 is 0 Å². The predicted octanol–water partition coefficient (Wildman–Crippen LogP) is 7.88. The number of carbonyl (C=O) groups excluding carboxylic acids is 1. The molecule has 2 aliphatic rings. The van der Waals surface area contributed by atoms with Crippen LogP contribution in [0, 0.1) is 26.0 Å². The molecule has 276 valence electrons.